The molecule has 2 saturated heterocycles. The first-order chi connectivity index (χ1) is 9.66. The van der Waals surface area contributed by atoms with Gasteiger partial charge in [-0.15, -0.1) is 0 Å². The minimum Gasteiger partial charge on any atom is -0.377 e. The number of ether oxygens (including phenoxy) is 1. The molecule has 0 aromatic rings. The lowest BCUT2D eigenvalue weighted by molar-refractivity contribution is -0.132. The van der Waals surface area contributed by atoms with Crippen molar-refractivity contribution in [2.45, 2.75) is 51.2 Å². The van der Waals surface area contributed by atoms with Gasteiger partial charge in [0.05, 0.1) is 13.2 Å². The third-order valence-corrected chi connectivity index (χ3v) is 4.61. The summed E-state index contributed by atoms with van der Waals surface area (Å²) in [4.78, 5) is 12.5. The third kappa shape index (κ3) is 2.55. The Morgan fingerprint density at radius 1 is 1.40 bits per heavy atom. The maximum absolute atomic E-state index is 12.5. The summed E-state index contributed by atoms with van der Waals surface area (Å²) in [5.74, 6) is 0.121. The van der Waals surface area contributed by atoms with E-state index in [1.54, 1.807) is 0 Å². The zero-order chi connectivity index (χ0) is 14.1. The predicted octanol–water partition coefficient (Wildman–Crippen LogP) is 0.287. The van der Waals surface area contributed by atoms with E-state index in [2.05, 4.69) is 35.1 Å². The van der Waals surface area contributed by atoms with E-state index in [-0.39, 0.29) is 17.9 Å². The lowest BCUT2D eigenvalue weighted by Gasteiger charge is -2.39. The van der Waals surface area contributed by atoms with Crippen LogP contribution in [0.1, 0.15) is 33.1 Å². The molecule has 2 fully saturated rings. The summed E-state index contributed by atoms with van der Waals surface area (Å²) in [6.07, 6.45) is 5.51. The summed E-state index contributed by atoms with van der Waals surface area (Å²) in [7, 11) is 0. The van der Waals surface area contributed by atoms with Crippen molar-refractivity contribution in [2.75, 3.05) is 13.2 Å². The van der Waals surface area contributed by atoms with Gasteiger partial charge in [-0.3, -0.25) is 10.2 Å². The molecule has 0 saturated carbocycles. The molecule has 0 bridgehead atoms. The summed E-state index contributed by atoms with van der Waals surface area (Å²) < 4.78 is 5.45. The Morgan fingerprint density at radius 3 is 2.90 bits per heavy atom. The van der Waals surface area contributed by atoms with Crippen LogP contribution in [0.5, 0.6) is 0 Å². The van der Waals surface area contributed by atoms with Crippen LogP contribution in [0.2, 0.25) is 0 Å². The highest BCUT2D eigenvalue weighted by Gasteiger charge is 2.39. The third-order valence-electron chi connectivity index (χ3n) is 4.61. The largest absolute Gasteiger partial charge is 0.377 e. The molecule has 3 rings (SSSR count). The van der Waals surface area contributed by atoms with Gasteiger partial charge in [-0.05, 0) is 32.8 Å². The van der Waals surface area contributed by atoms with Crippen molar-refractivity contribution in [1.82, 2.24) is 21.3 Å². The molecule has 0 radical (unpaired) electrons. The lowest BCUT2D eigenvalue weighted by atomic mass is 9.97. The van der Waals surface area contributed by atoms with Crippen LogP contribution in [0.25, 0.3) is 0 Å². The molecule has 4 atom stereocenters. The van der Waals surface area contributed by atoms with Crippen LogP contribution >= 0.6 is 0 Å². The van der Waals surface area contributed by atoms with Crippen LogP contribution in [0, 0.1) is 5.92 Å². The van der Waals surface area contributed by atoms with Crippen LogP contribution in [-0.4, -0.2) is 42.3 Å². The first-order valence-electron chi connectivity index (χ1n) is 7.55. The molecule has 3 heterocycles. The van der Waals surface area contributed by atoms with Crippen LogP contribution in [0.3, 0.4) is 0 Å². The zero-order valence-electron chi connectivity index (χ0n) is 12.2. The summed E-state index contributed by atoms with van der Waals surface area (Å²) in [6, 6.07) is 0.534. The summed E-state index contributed by atoms with van der Waals surface area (Å²) in [6.45, 7) is 5.56. The fraction of sp³-hybridized carbons (Fsp3) is 0.786. The van der Waals surface area contributed by atoms with Gasteiger partial charge in [0, 0.05) is 23.7 Å². The number of nitrogens with one attached hydrogen (secondary N) is 3. The molecule has 1 amide bonds. The van der Waals surface area contributed by atoms with E-state index in [4.69, 9.17) is 4.74 Å². The summed E-state index contributed by atoms with van der Waals surface area (Å²) in [5.41, 5.74) is 10.4. The smallest absolute Gasteiger partial charge is 0.254 e. The minimum absolute atomic E-state index is 0.0250. The van der Waals surface area contributed by atoms with Crippen LogP contribution in [-0.2, 0) is 9.53 Å². The number of nitrogens with zero attached hydrogens (tertiary/aromatic N) is 1. The van der Waals surface area contributed by atoms with Crippen LogP contribution in [0.15, 0.2) is 11.8 Å². The number of hydrogen-bond acceptors (Lipinski definition) is 5. The molecule has 3 aliphatic heterocycles. The van der Waals surface area contributed by atoms with E-state index in [1.807, 2.05) is 6.08 Å². The van der Waals surface area contributed by atoms with Gasteiger partial charge in [0.2, 0.25) is 0 Å². The Bertz CT molecular complexity index is 402. The fourth-order valence-electron chi connectivity index (χ4n) is 3.35. The predicted molar refractivity (Wildman–Crippen MR) is 75.2 cm³/mol. The van der Waals surface area contributed by atoms with Crippen molar-refractivity contribution in [1.29, 1.82) is 0 Å². The van der Waals surface area contributed by atoms with Crippen molar-refractivity contribution in [3.05, 3.63) is 11.8 Å². The van der Waals surface area contributed by atoms with Gasteiger partial charge >= 0.3 is 0 Å². The quantitative estimate of drug-likeness (QED) is 0.678. The lowest BCUT2D eigenvalue weighted by Crippen LogP contribution is -2.58. The number of rotatable bonds is 2. The minimum atomic E-state index is -0.261. The Kier molecular flexibility index (Phi) is 3.96. The average Bonchev–Trinajstić information content (AvgIpc) is 2.87. The van der Waals surface area contributed by atoms with E-state index in [9.17, 15) is 4.79 Å². The van der Waals surface area contributed by atoms with Gasteiger partial charge in [-0.25, -0.2) is 10.4 Å². The fourth-order valence-corrected chi connectivity index (χ4v) is 3.35. The second-order valence-corrected chi connectivity index (χ2v) is 6.06. The highest BCUT2D eigenvalue weighted by molar-refractivity contribution is 5.82. The monoisotopic (exact) mass is 280 g/mol. The molecule has 0 aliphatic carbocycles. The molecule has 3 aliphatic rings. The molecular formula is C14H24N4O2. The second kappa shape index (κ2) is 5.71. The molecule has 20 heavy (non-hydrogen) atoms. The number of hydrazine groups is 2. The average molecular weight is 280 g/mol. The van der Waals surface area contributed by atoms with E-state index in [1.165, 1.54) is 6.42 Å². The normalized spacial score (nSPS) is 37.8. The number of hydrogen-bond donors (Lipinski definition) is 3. The number of carbonyl (C=O) groups excluding carboxylic acids is 1. The Hall–Kier alpha value is -1.11. The molecule has 6 heteroatoms. The van der Waals surface area contributed by atoms with E-state index in [0.29, 0.717) is 25.3 Å². The first-order valence-corrected chi connectivity index (χ1v) is 7.55. The number of piperidine rings is 1. The maximum atomic E-state index is 12.5. The first kappa shape index (κ1) is 13.9. The Balaban J connectivity index is 1.64. The molecule has 0 aromatic heterocycles. The van der Waals surface area contributed by atoms with Gasteiger partial charge in [0.1, 0.15) is 6.04 Å². The number of fused-ring (bicyclic) bond motifs is 1. The maximum Gasteiger partial charge on any atom is 0.254 e. The molecule has 112 valence electrons. The van der Waals surface area contributed by atoms with Crippen molar-refractivity contribution in [2.24, 2.45) is 5.92 Å². The molecule has 4 unspecified atom stereocenters. The van der Waals surface area contributed by atoms with Crippen LogP contribution in [0.4, 0.5) is 0 Å². The standard InChI is InChI=1S/C14H24N4O2/c1-9-4-3-5-10(2)18(9)17-14(19)13-11-8-20-7-6-12(11)15-16-13/h6,9-11,13,15-16H,3-5,7-8H2,1-2H3,(H,17,19). The van der Waals surface area contributed by atoms with Gasteiger partial charge < -0.3 is 10.2 Å². The Labute approximate surface area is 119 Å². The van der Waals surface area contributed by atoms with Gasteiger partial charge in [0.25, 0.3) is 5.91 Å². The summed E-state index contributed by atoms with van der Waals surface area (Å²) in [5, 5.41) is 2.11. The van der Waals surface area contributed by atoms with E-state index in [0.717, 1.165) is 18.5 Å². The molecule has 0 spiro atoms. The zero-order valence-corrected chi connectivity index (χ0v) is 12.2. The highest BCUT2D eigenvalue weighted by atomic mass is 16.5. The van der Waals surface area contributed by atoms with Crippen molar-refractivity contribution >= 4 is 5.91 Å². The van der Waals surface area contributed by atoms with Crippen molar-refractivity contribution < 1.29 is 9.53 Å². The van der Waals surface area contributed by atoms with Gasteiger partial charge in [0.15, 0.2) is 0 Å². The van der Waals surface area contributed by atoms with Crippen molar-refractivity contribution in [3.8, 4) is 0 Å². The second-order valence-electron chi connectivity index (χ2n) is 6.06. The SMILES string of the molecule is CC1CCCC(C)N1NC(=O)C1NNC2=CCOCC21. The Morgan fingerprint density at radius 2 is 2.15 bits per heavy atom. The summed E-state index contributed by atoms with van der Waals surface area (Å²) >= 11 is 0. The highest BCUT2D eigenvalue weighted by Crippen LogP contribution is 2.24. The van der Waals surface area contributed by atoms with E-state index >= 15 is 0 Å². The van der Waals surface area contributed by atoms with E-state index < -0.39 is 0 Å². The molecule has 3 N–H and O–H groups in total. The van der Waals surface area contributed by atoms with Crippen LogP contribution < -0.4 is 16.3 Å². The molecule has 6 nitrogen and oxygen atoms in total. The number of amides is 1. The molecular weight excluding hydrogens is 256 g/mol. The van der Waals surface area contributed by atoms with Crippen molar-refractivity contribution in [3.63, 3.8) is 0 Å². The number of carbonyl (C=O) groups is 1. The van der Waals surface area contributed by atoms with Gasteiger partial charge in [-0.2, -0.15) is 0 Å². The topological polar surface area (TPSA) is 65.6 Å². The van der Waals surface area contributed by atoms with Gasteiger partial charge in [-0.1, -0.05) is 6.42 Å². The molecule has 0 aromatic carbocycles.